The second kappa shape index (κ2) is 13.3. The van der Waals surface area contributed by atoms with E-state index in [9.17, 15) is 24.3 Å². The van der Waals surface area contributed by atoms with E-state index in [-0.39, 0.29) is 52.6 Å². The standard InChI is InChI=1S/C26H30O5.C20H21ClO4/c1-22(2)17(27)7-9-23(3)16-6-10-24(4)15(14-8-11-30-13-14)12-18-26(24,31-18)25(16,5)21(29)19(28)20(22)23;1-13(2)24-19(23)20(3,4)25-17-11-7-15(8-12-17)18(22)14-5-9-16(21)10-6-14/h7-9,11,13,15-16,18,28H,6,10,12H2,1-5H3;5-13H,1-4H3. The van der Waals surface area contributed by atoms with Crippen molar-refractivity contribution in [1.29, 1.82) is 0 Å². The molecular weight excluding hydrogens is 732 g/mol. The van der Waals surface area contributed by atoms with E-state index in [4.69, 9.17) is 30.2 Å². The van der Waals surface area contributed by atoms with Crippen molar-refractivity contribution < 1.29 is 42.9 Å². The van der Waals surface area contributed by atoms with Crippen molar-refractivity contribution >= 4 is 34.9 Å². The Morgan fingerprint density at radius 3 is 2.16 bits per heavy atom. The number of epoxide rings is 1. The lowest BCUT2D eigenvalue weighted by molar-refractivity contribution is -0.163. The number of esters is 1. The van der Waals surface area contributed by atoms with Gasteiger partial charge in [0.1, 0.15) is 11.4 Å². The molecule has 9 nitrogen and oxygen atoms in total. The number of benzene rings is 2. The van der Waals surface area contributed by atoms with E-state index in [1.165, 1.54) is 5.56 Å². The highest BCUT2D eigenvalue weighted by molar-refractivity contribution is 6.30. The quantitative estimate of drug-likeness (QED) is 0.141. The van der Waals surface area contributed by atoms with Gasteiger partial charge in [0, 0.05) is 27.0 Å². The number of carbonyl (C=O) groups excluding carboxylic acids is 4. The third kappa shape index (κ3) is 5.74. The predicted octanol–water partition coefficient (Wildman–Crippen LogP) is 9.57. The number of carbonyl (C=O) groups is 4. The van der Waals surface area contributed by atoms with Crippen molar-refractivity contribution in [3.63, 3.8) is 0 Å². The van der Waals surface area contributed by atoms with Crippen LogP contribution in [0.5, 0.6) is 5.75 Å². The van der Waals surface area contributed by atoms with Crippen LogP contribution in [0.25, 0.3) is 0 Å². The number of ether oxygens (including phenoxy) is 3. The number of hydrogen-bond acceptors (Lipinski definition) is 9. The number of fused-ring (bicyclic) bond motifs is 3. The third-order valence-electron chi connectivity index (χ3n) is 13.6. The van der Waals surface area contributed by atoms with Gasteiger partial charge in [-0.15, -0.1) is 0 Å². The second-order valence-corrected chi connectivity index (χ2v) is 18.4. The van der Waals surface area contributed by atoms with Gasteiger partial charge in [0.25, 0.3) is 0 Å². The maximum absolute atomic E-state index is 14.0. The SMILES string of the molecule is CC(C)OC(=O)C(C)(C)Oc1ccc(C(=O)c2ccc(Cl)cc2)cc1.CC1(C)C(=O)C=CC2(C)C1=C(O)C(=O)C1(C)C2CCC2(C)C(c3ccoc3)CC3OC321. The minimum absolute atomic E-state index is 0.00527. The zero-order chi connectivity index (χ0) is 40.8. The van der Waals surface area contributed by atoms with Crippen LogP contribution in [0.3, 0.4) is 0 Å². The summed E-state index contributed by atoms with van der Waals surface area (Å²) in [5.41, 5.74) is -1.44. The molecule has 4 aliphatic carbocycles. The number of hydrogen-bond donors (Lipinski definition) is 1. The van der Waals surface area contributed by atoms with E-state index in [1.54, 1.807) is 88.6 Å². The minimum Gasteiger partial charge on any atom is -0.504 e. The first kappa shape index (κ1) is 39.8. The molecule has 0 bridgehead atoms. The fraction of sp³-hybridized carbons (Fsp3) is 0.478. The fourth-order valence-electron chi connectivity index (χ4n) is 10.9. The van der Waals surface area contributed by atoms with Gasteiger partial charge in [0.2, 0.25) is 5.78 Å². The molecule has 1 aliphatic heterocycles. The van der Waals surface area contributed by atoms with Crippen LogP contribution < -0.4 is 4.74 Å². The van der Waals surface area contributed by atoms with Gasteiger partial charge in [-0.2, -0.15) is 0 Å². The summed E-state index contributed by atoms with van der Waals surface area (Å²) in [6, 6.07) is 15.4. The largest absolute Gasteiger partial charge is 0.504 e. The number of aliphatic hydroxyl groups is 1. The lowest BCUT2D eigenvalue weighted by Gasteiger charge is -2.62. The fourth-order valence-corrected chi connectivity index (χ4v) is 11.0. The smallest absolute Gasteiger partial charge is 0.350 e. The van der Waals surface area contributed by atoms with E-state index in [2.05, 4.69) is 13.8 Å². The summed E-state index contributed by atoms with van der Waals surface area (Å²) in [4.78, 5) is 51.2. The van der Waals surface area contributed by atoms with Gasteiger partial charge in [-0.3, -0.25) is 14.4 Å². The Bertz CT molecular complexity index is 2140. The molecule has 0 radical (unpaired) electrons. The summed E-state index contributed by atoms with van der Waals surface area (Å²) in [5, 5.41) is 11.9. The number of ketones is 3. The molecule has 1 aromatic heterocycles. The van der Waals surface area contributed by atoms with E-state index >= 15 is 0 Å². The van der Waals surface area contributed by atoms with Crippen molar-refractivity contribution in [2.75, 3.05) is 0 Å². The topological polar surface area (TPSA) is 133 Å². The first-order chi connectivity index (χ1) is 26.1. The molecule has 2 heterocycles. The summed E-state index contributed by atoms with van der Waals surface area (Å²) in [6.45, 7) is 16.9. The van der Waals surface area contributed by atoms with Crippen LogP contribution >= 0.6 is 11.6 Å². The van der Waals surface area contributed by atoms with Crippen molar-refractivity contribution in [3.05, 3.63) is 112 Å². The summed E-state index contributed by atoms with van der Waals surface area (Å²) in [6.07, 6.45) is 9.55. The molecule has 0 amide bonds. The summed E-state index contributed by atoms with van der Waals surface area (Å²) in [5.74, 6) is -0.378. The van der Waals surface area contributed by atoms with Crippen LogP contribution in [0.1, 0.15) is 109 Å². The number of Topliss-reactive ketones (excluding diaryl/α,β-unsaturated/α-hetero) is 1. The van der Waals surface area contributed by atoms with E-state index in [0.717, 1.165) is 19.3 Å². The zero-order valence-corrected chi connectivity index (χ0v) is 34.3. The lowest BCUT2D eigenvalue weighted by atomic mass is 9.39. The van der Waals surface area contributed by atoms with Crippen LogP contribution in [-0.4, -0.2) is 51.8 Å². The average Bonchev–Trinajstić information content (AvgIpc) is 3.49. The average molecular weight is 783 g/mol. The number of rotatable bonds is 7. The van der Waals surface area contributed by atoms with Gasteiger partial charge in [0.05, 0.1) is 35.6 Å². The second-order valence-electron chi connectivity index (χ2n) is 18.0. The number of aliphatic hydroxyl groups excluding tert-OH is 1. The molecule has 1 saturated heterocycles. The maximum atomic E-state index is 14.0. The van der Waals surface area contributed by atoms with E-state index < -0.39 is 33.4 Å². The Labute approximate surface area is 333 Å². The molecule has 7 atom stereocenters. The molecule has 2 aromatic carbocycles. The molecular formula is C46H51ClO9. The normalized spacial score (nSPS) is 32.4. The Morgan fingerprint density at radius 1 is 0.946 bits per heavy atom. The van der Waals surface area contributed by atoms with Crippen LogP contribution in [0, 0.1) is 27.6 Å². The van der Waals surface area contributed by atoms with Crippen molar-refractivity contribution in [2.24, 2.45) is 27.6 Å². The molecule has 5 aliphatic rings. The summed E-state index contributed by atoms with van der Waals surface area (Å²) in [7, 11) is 0. The van der Waals surface area contributed by atoms with Gasteiger partial charge in [-0.25, -0.2) is 4.79 Å². The van der Waals surface area contributed by atoms with E-state index in [1.807, 2.05) is 39.2 Å². The molecule has 3 aromatic rings. The minimum atomic E-state index is -1.12. The molecule has 3 fully saturated rings. The molecule has 296 valence electrons. The summed E-state index contributed by atoms with van der Waals surface area (Å²) >= 11 is 5.84. The molecule has 7 unspecified atom stereocenters. The molecule has 56 heavy (non-hydrogen) atoms. The van der Waals surface area contributed by atoms with Gasteiger partial charge in [0.15, 0.2) is 22.9 Å². The Hall–Kier alpha value is -4.47. The molecule has 1 spiro atoms. The maximum Gasteiger partial charge on any atom is 0.350 e. The first-order valence-corrected chi connectivity index (χ1v) is 19.8. The summed E-state index contributed by atoms with van der Waals surface area (Å²) < 4.78 is 22.8. The van der Waals surface area contributed by atoms with E-state index in [0.29, 0.717) is 27.5 Å². The zero-order valence-electron chi connectivity index (χ0n) is 33.5. The van der Waals surface area contributed by atoms with Crippen molar-refractivity contribution in [1.82, 2.24) is 0 Å². The predicted molar refractivity (Wildman–Crippen MR) is 211 cm³/mol. The third-order valence-corrected chi connectivity index (χ3v) is 13.8. The molecule has 2 saturated carbocycles. The van der Waals surface area contributed by atoms with Crippen molar-refractivity contribution in [2.45, 2.75) is 111 Å². The monoisotopic (exact) mass is 782 g/mol. The molecule has 8 rings (SSSR count). The first-order valence-electron chi connectivity index (χ1n) is 19.4. The highest BCUT2D eigenvalue weighted by atomic mass is 35.5. The molecule has 1 N–H and O–H groups in total. The number of halogens is 1. The van der Waals surface area contributed by atoms with Crippen LogP contribution in [-0.2, 0) is 23.9 Å². The van der Waals surface area contributed by atoms with Crippen LogP contribution in [0.2, 0.25) is 5.02 Å². The van der Waals surface area contributed by atoms with Crippen molar-refractivity contribution in [3.8, 4) is 5.75 Å². The highest BCUT2D eigenvalue weighted by Gasteiger charge is 2.87. The highest BCUT2D eigenvalue weighted by Crippen LogP contribution is 2.81. The number of allylic oxidation sites excluding steroid dienone is 4. The number of furan rings is 1. The van der Waals surface area contributed by atoms with Gasteiger partial charge in [-0.05, 0) is 151 Å². The van der Waals surface area contributed by atoms with Gasteiger partial charge >= 0.3 is 5.97 Å². The van der Waals surface area contributed by atoms with Crippen LogP contribution in [0.4, 0.5) is 0 Å². The van der Waals surface area contributed by atoms with Crippen LogP contribution in [0.15, 0.2) is 95.0 Å². The Morgan fingerprint density at radius 2 is 1.57 bits per heavy atom. The van der Waals surface area contributed by atoms with Gasteiger partial charge in [-0.1, -0.05) is 31.5 Å². The Balaban J connectivity index is 0.000000177. The Kier molecular flexibility index (Phi) is 9.44. The van der Waals surface area contributed by atoms with Gasteiger partial charge < -0.3 is 23.7 Å². The lowest BCUT2D eigenvalue weighted by Crippen LogP contribution is -2.66. The molecule has 10 heteroatoms.